The smallest absolute Gasteiger partial charge is 0.243 e. The molecule has 0 saturated heterocycles. The number of halogens is 1. The van der Waals surface area contributed by atoms with Crippen molar-refractivity contribution in [2.24, 2.45) is 4.99 Å². The van der Waals surface area contributed by atoms with Crippen molar-refractivity contribution in [1.82, 2.24) is 15.5 Å². The first-order valence-corrected chi connectivity index (χ1v) is 9.25. The number of aliphatic imine (C=N–C) groups is 1. The van der Waals surface area contributed by atoms with Crippen LogP contribution in [0.1, 0.15) is 31.2 Å². The number of ether oxygens (including phenoxy) is 2. The van der Waals surface area contributed by atoms with Crippen LogP contribution in [0, 0.1) is 0 Å². The fourth-order valence-electron chi connectivity index (χ4n) is 3.13. The molecule has 27 heavy (non-hydrogen) atoms. The number of hydrogen-bond donors (Lipinski definition) is 2. The van der Waals surface area contributed by atoms with E-state index in [1.807, 2.05) is 18.2 Å². The number of rotatable bonds is 6. The number of nitrogens with one attached hydrogen (secondary N) is 2. The minimum Gasteiger partial charge on any atom is -0.454 e. The molecule has 8 heteroatoms. The van der Waals surface area contributed by atoms with E-state index in [4.69, 9.17) is 9.47 Å². The number of fused-ring (bicyclic) bond motifs is 1. The van der Waals surface area contributed by atoms with Gasteiger partial charge in [-0.25, -0.2) is 4.99 Å². The van der Waals surface area contributed by atoms with Gasteiger partial charge in [0, 0.05) is 26.7 Å². The molecule has 0 bridgehead atoms. The van der Waals surface area contributed by atoms with Gasteiger partial charge in [-0.3, -0.25) is 4.79 Å². The van der Waals surface area contributed by atoms with Crippen LogP contribution in [-0.4, -0.2) is 56.8 Å². The normalized spacial score (nSPS) is 16.0. The highest BCUT2D eigenvalue weighted by Crippen LogP contribution is 2.32. The lowest BCUT2D eigenvalue weighted by Crippen LogP contribution is -2.43. The summed E-state index contributed by atoms with van der Waals surface area (Å²) in [5, 5.41) is 6.81. The van der Waals surface area contributed by atoms with E-state index in [1.165, 1.54) is 18.4 Å². The maximum absolute atomic E-state index is 11.8. The predicted octanol–water partition coefficient (Wildman–Crippen LogP) is 2.14. The predicted molar refractivity (Wildman–Crippen MR) is 116 cm³/mol. The molecule has 1 amide bonds. The fraction of sp³-hybridized carbons (Fsp3) is 0.579. The minimum atomic E-state index is -0.00621. The first-order valence-electron chi connectivity index (χ1n) is 9.25. The van der Waals surface area contributed by atoms with E-state index in [9.17, 15) is 4.79 Å². The topological polar surface area (TPSA) is 75.2 Å². The Hall–Kier alpha value is -1.71. The Balaban J connectivity index is 0.00000261. The second-order valence-corrected chi connectivity index (χ2v) is 6.94. The Morgan fingerprint density at radius 3 is 2.70 bits per heavy atom. The van der Waals surface area contributed by atoms with Crippen molar-refractivity contribution in [3.8, 4) is 11.5 Å². The van der Waals surface area contributed by atoms with Crippen molar-refractivity contribution in [3.63, 3.8) is 0 Å². The second-order valence-electron chi connectivity index (χ2n) is 6.94. The molecule has 0 aromatic heterocycles. The lowest BCUT2D eigenvalue weighted by Gasteiger charge is -2.18. The number of carbonyl (C=O) groups excluding carboxylic acids is 1. The molecule has 1 aliphatic heterocycles. The number of amides is 1. The first-order chi connectivity index (χ1) is 12.6. The van der Waals surface area contributed by atoms with Crippen molar-refractivity contribution in [1.29, 1.82) is 0 Å². The Bertz CT molecular complexity index is 660. The lowest BCUT2D eigenvalue weighted by atomic mass is 10.1. The molecule has 0 spiro atoms. The Kier molecular flexibility index (Phi) is 8.46. The summed E-state index contributed by atoms with van der Waals surface area (Å²) >= 11 is 0. The second kappa shape index (κ2) is 10.6. The summed E-state index contributed by atoms with van der Waals surface area (Å²) < 4.78 is 10.8. The van der Waals surface area contributed by atoms with E-state index in [1.54, 1.807) is 19.0 Å². The number of likely N-dealkylation sites (N-methyl/N-ethyl adjacent to an activating group) is 1. The quantitative estimate of drug-likeness (QED) is 0.365. The number of guanidine groups is 1. The van der Waals surface area contributed by atoms with E-state index in [0.29, 0.717) is 18.8 Å². The molecule has 150 valence electrons. The molecule has 0 unspecified atom stereocenters. The van der Waals surface area contributed by atoms with Crippen LogP contribution in [0.4, 0.5) is 0 Å². The van der Waals surface area contributed by atoms with E-state index >= 15 is 0 Å². The highest BCUT2D eigenvalue weighted by Gasteiger charge is 2.17. The molecule has 1 aliphatic carbocycles. The Morgan fingerprint density at radius 1 is 1.22 bits per heavy atom. The van der Waals surface area contributed by atoms with Crippen LogP contribution in [0.3, 0.4) is 0 Å². The molecule has 3 rings (SSSR count). The van der Waals surface area contributed by atoms with Gasteiger partial charge in [-0.1, -0.05) is 18.9 Å². The number of nitrogens with zero attached hydrogens (tertiary/aromatic N) is 2. The van der Waals surface area contributed by atoms with Crippen molar-refractivity contribution < 1.29 is 14.3 Å². The van der Waals surface area contributed by atoms with Crippen LogP contribution < -0.4 is 20.1 Å². The molecule has 7 nitrogen and oxygen atoms in total. The van der Waals surface area contributed by atoms with Gasteiger partial charge in [0.1, 0.15) is 6.54 Å². The van der Waals surface area contributed by atoms with Gasteiger partial charge < -0.3 is 25.0 Å². The van der Waals surface area contributed by atoms with Crippen LogP contribution in [0.2, 0.25) is 0 Å². The Morgan fingerprint density at radius 2 is 1.96 bits per heavy atom. The van der Waals surface area contributed by atoms with E-state index < -0.39 is 0 Å². The molecule has 1 aromatic carbocycles. The van der Waals surface area contributed by atoms with E-state index in [2.05, 4.69) is 15.6 Å². The SMILES string of the molecule is CN(C)C(=O)CN=C(NCCc1ccc2c(c1)OCO2)NC1CCCC1.I. The maximum atomic E-state index is 11.8. The van der Waals surface area contributed by atoms with Crippen molar-refractivity contribution in [3.05, 3.63) is 23.8 Å². The summed E-state index contributed by atoms with van der Waals surface area (Å²) in [6, 6.07) is 6.45. The zero-order valence-corrected chi connectivity index (χ0v) is 18.3. The molecule has 2 aliphatic rings. The maximum Gasteiger partial charge on any atom is 0.243 e. The third-order valence-corrected chi connectivity index (χ3v) is 4.71. The van der Waals surface area contributed by atoms with E-state index in [0.717, 1.165) is 37.3 Å². The van der Waals surface area contributed by atoms with Crippen LogP contribution in [0.15, 0.2) is 23.2 Å². The third-order valence-electron chi connectivity index (χ3n) is 4.71. The minimum absolute atomic E-state index is 0. The van der Waals surface area contributed by atoms with Gasteiger partial charge in [0.2, 0.25) is 12.7 Å². The summed E-state index contributed by atoms with van der Waals surface area (Å²) in [6.07, 6.45) is 5.65. The number of carbonyl (C=O) groups is 1. The third kappa shape index (κ3) is 6.44. The Labute approximate surface area is 177 Å². The number of hydrogen-bond acceptors (Lipinski definition) is 4. The van der Waals surface area contributed by atoms with Crippen LogP contribution >= 0.6 is 24.0 Å². The lowest BCUT2D eigenvalue weighted by molar-refractivity contribution is -0.127. The van der Waals surface area contributed by atoms with Crippen molar-refractivity contribution in [2.75, 3.05) is 34.0 Å². The summed E-state index contributed by atoms with van der Waals surface area (Å²) in [5.41, 5.74) is 1.17. The molecule has 1 saturated carbocycles. The zero-order valence-electron chi connectivity index (χ0n) is 16.0. The zero-order chi connectivity index (χ0) is 18.4. The van der Waals surface area contributed by atoms with Crippen LogP contribution in [-0.2, 0) is 11.2 Å². The summed E-state index contributed by atoms with van der Waals surface area (Å²) in [4.78, 5) is 17.8. The first kappa shape index (κ1) is 21.6. The van der Waals surface area contributed by atoms with Gasteiger partial charge in [0.25, 0.3) is 0 Å². The fourth-order valence-corrected chi connectivity index (χ4v) is 3.13. The van der Waals surface area contributed by atoms with Gasteiger partial charge in [-0.2, -0.15) is 0 Å². The van der Waals surface area contributed by atoms with Gasteiger partial charge in [0.05, 0.1) is 0 Å². The largest absolute Gasteiger partial charge is 0.454 e. The van der Waals surface area contributed by atoms with Gasteiger partial charge in [-0.15, -0.1) is 24.0 Å². The van der Waals surface area contributed by atoms with Crippen molar-refractivity contribution >= 4 is 35.8 Å². The summed E-state index contributed by atoms with van der Waals surface area (Å²) in [7, 11) is 3.49. The molecule has 0 atom stereocenters. The monoisotopic (exact) mass is 488 g/mol. The van der Waals surface area contributed by atoms with Gasteiger partial charge in [-0.05, 0) is 37.0 Å². The number of benzene rings is 1. The molecular formula is C19H29IN4O3. The molecule has 0 radical (unpaired) electrons. The average molecular weight is 488 g/mol. The highest BCUT2D eigenvalue weighted by molar-refractivity contribution is 14.0. The summed E-state index contributed by atoms with van der Waals surface area (Å²) in [5.74, 6) is 2.31. The standard InChI is InChI=1S/C19H28N4O3.HI/c1-23(2)18(24)12-21-19(22-15-5-3-4-6-15)20-10-9-14-7-8-16-17(11-14)26-13-25-16;/h7-8,11,15H,3-6,9-10,12-13H2,1-2H3,(H2,20,21,22);1H. The molecule has 1 aromatic rings. The van der Waals surface area contributed by atoms with Gasteiger partial charge in [0.15, 0.2) is 17.5 Å². The van der Waals surface area contributed by atoms with Crippen LogP contribution in [0.5, 0.6) is 11.5 Å². The molecule has 2 N–H and O–H groups in total. The average Bonchev–Trinajstić information content (AvgIpc) is 3.30. The summed E-state index contributed by atoms with van der Waals surface area (Å²) in [6.45, 7) is 1.17. The van der Waals surface area contributed by atoms with Crippen LogP contribution in [0.25, 0.3) is 0 Å². The molecule has 1 fully saturated rings. The van der Waals surface area contributed by atoms with Gasteiger partial charge >= 0.3 is 0 Å². The molecular weight excluding hydrogens is 459 g/mol. The highest BCUT2D eigenvalue weighted by atomic mass is 127. The van der Waals surface area contributed by atoms with E-state index in [-0.39, 0.29) is 36.4 Å². The van der Waals surface area contributed by atoms with Crippen molar-refractivity contribution in [2.45, 2.75) is 38.1 Å². The molecule has 1 heterocycles.